The molecule has 2 spiro atoms. The van der Waals surface area contributed by atoms with Crippen LogP contribution in [0, 0.1) is 56.7 Å². The number of methoxy groups -OCH3 is 1. The lowest BCUT2D eigenvalue weighted by Crippen LogP contribution is -2.58. The second-order valence-corrected chi connectivity index (χ2v) is 17.5. The molecule has 45 heavy (non-hydrogen) atoms. The minimum atomic E-state index is -0.278. The molecule has 1 N–H and O–H groups in total. The van der Waals surface area contributed by atoms with E-state index >= 15 is 0 Å². The van der Waals surface area contributed by atoms with Crippen LogP contribution in [-0.4, -0.2) is 24.3 Å². The number of aromatic hydroxyl groups is 1. The average molecular weight is 617 g/mol. The van der Waals surface area contributed by atoms with E-state index in [0.717, 1.165) is 29.7 Å². The number of phenols is 1. The Hall–Kier alpha value is -2.23. The summed E-state index contributed by atoms with van der Waals surface area (Å²) in [5, 5.41) is 9.89. The number of rotatable bonds is 9. The van der Waals surface area contributed by atoms with Crippen LogP contribution in [0.15, 0.2) is 36.4 Å². The highest BCUT2D eigenvalue weighted by Gasteiger charge is 2.82. The number of allylic oxidation sites excluding steroid dienone is 1. The van der Waals surface area contributed by atoms with Crippen molar-refractivity contribution in [2.75, 3.05) is 7.11 Å². The summed E-state index contributed by atoms with van der Waals surface area (Å²) >= 11 is 0. The quantitative estimate of drug-likeness (QED) is 0.170. The molecular formula is C41H60O4. The number of esters is 1. The first-order chi connectivity index (χ1) is 21.1. The zero-order chi connectivity index (χ0) is 32.6. The van der Waals surface area contributed by atoms with Gasteiger partial charge in [0.05, 0.1) is 7.11 Å². The molecule has 1 unspecified atom stereocenters. The van der Waals surface area contributed by atoms with Gasteiger partial charge in [0.2, 0.25) is 0 Å². The van der Waals surface area contributed by atoms with E-state index in [1.54, 1.807) is 24.3 Å². The lowest BCUT2D eigenvalue weighted by molar-refractivity contribution is -0.179. The van der Waals surface area contributed by atoms with Gasteiger partial charge >= 0.3 is 5.97 Å². The van der Waals surface area contributed by atoms with Crippen LogP contribution < -0.4 is 4.74 Å². The Kier molecular flexibility index (Phi) is 8.13. The molecular weight excluding hydrogens is 556 g/mol. The fraction of sp³-hybridized carbons (Fsp3) is 0.732. The molecule has 5 aliphatic rings. The molecule has 5 saturated carbocycles. The largest absolute Gasteiger partial charge is 0.504 e. The highest BCUT2D eigenvalue weighted by atomic mass is 16.5. The van der Waals surface area contributed by atoms with Gasteiger partial charge < -0.3 is 14.6 Å². The Morgan fingerprint density at radius 3 is 2.40 bits per heavy atom. The molecule has 0 aliphatic heterocycles. The number of hydrogen-bond acceptors (Lipinski definition) is 4. The molecule has 1 aromatic carbocycles. The molecule has 0 amide bonds. The maximum absolute atomic E-state index is 13.1. The summed E-state index contributed by atoms with van der Waals surface area (Å²) in [7, 11) is 1.52. The molecule has 9 atom stereocenters. The lowest BCUT2D eigenvalue weighted by atomic mass is 9.41. The van der Waals surface area contributed by atoms with E-state index in [1.165, 1.54) is 83.0 Å². The average Bonchev–Trinajstić information content (AvgIpc) is 3.58. The molecule has 4 heteroatoms. The number of fused-ring (bicyclic) bond motifs is 2. The van der Waals surface area contributed by atoms with E-state index in [9.17, 15) is 9.90 Å². The third kappa shape index (κ3) is 4.85. The highest BCUT2D eigenvalue weighted by Crippen LogP contribution is 2.89. The van der Waals surface area contributed by atoms with Crippen molar-refractivity contribution in [3.8, 4) is 11.5 Å². The molecule has 248 valence electrons. The van der Waals surface area contributed by atoms with Crippen molar-refractivity contribution in [2.45, 2.75) is 125 Å². The Balaban J connectivity index is 1.14. The van der Waals surface area contributed by atoms with Gasteiger partial charge in [0, 0.05) is 11.5 Å². The van der Waals surface area contributed by atoms with Crippen LogP contribution in [0.3, 0.4) is 0 Å². The van der Waals surface area contributed by atoms with E-state index in [-0.39, 0.29) is 23.2 Å². The van der Waals surface area contributed by atoms with Crippen molar-refractivity contribution in [1.82, 2.24) is 0 Å². The van der Waals surface area contributed by atoms with E-state index in [0.29, 0.717) is 39.2 Å². The Morgan fingerprint density at radius 2 is 1.69 bits per heavy atom. The van der Waals surface area contributed by atoms with E-state index in [4.69, 9.17) is 9.47 Å². The third-order valence-electron chi connectivity index (χ3n) is 15.4. The minimum absolute atomic E-state index is 0.0365. The number of ether oxygens (including phenoxy) is 2. The topological polar surface area (TPSA) is 55.8 Å². The monoisotopic (exact) mass is 616 g/mol. The highest BCUT2D eigenvalue weighted by molar-refractivity contribution is 5.87. The second-order valence-electron chi connectivity index (χ2n) is 17.5. The zero-order valence-electron chi connectivity index (χ0n) is 29.5. The summed E-state index contributed by atoms with van der Waals surface area (Å²) in [6.45, 7) is 21.7. The van der Waals surface area contributed by atoms with Gasteiger partial charge in [-0.2, -0.15) is 0 Å². The lowest BCUT2D eigenvalue weighted by Gasteiger charge is -2.63. The molecule has 0 radical (unpaired) electrons. The summed E-state index contributed by atoms with van der Waals surface area (Å²) in [6.07, 6.45) is 17.5. The smallest absolute Gasteiger partial charge is 0.331 e. The number of hydrogen-bond donors (Lipinski definition) is 1. The maximum Gasteiger partial charge on any atom is 0.331 e. The van der Waals surface area contributed by atoms with Crippen LogP contribution in [0.4, 0.5) is 0 Å². The van der Waals surface area contributed by atoms with Gasteiger partial charge in [-0.15, -0.1) is 0 Å². The van der Waals surface area contributed by atoms with E-state index in [1.807, 2.05) is 0 Å². The van der Waals surface area contributed by atoms with Crippen LogP contribution in [0.2, 0.25) is 0 Å². The first-order valence-electron chi connectivity index (χ1n) is 18.1. The van der Waals surface area contributed by atoms with Crippen molar-refractivity contribution >= 4 is 12.0 Å². The van der Waals surface area contributed by atoms with Crippen LogP contribution in [0.1, 0.15) is 125 Å². The van der Waals surface area contributed by atoms with Gasteiger partial charge in [0.1, 0.15) is 6.10 Å². The second kappa shape index (κ2) is 11.2. The normalized spacial score (nSPS) is 40.2. The van der Waals surface area contributed by atoms with E-state index in [2.05, 4.69) is 55.0 Å². The molecule has 0 aromatic heterocycles. The summed E-state index contributed by atoms with van der Waals surface area (Å²) in [6, 6.07) is 5.08. The first-order valence-corrected chi connectivity index (χ1v) is 18.1. The van der Waals surface area contributed by atoms with Crippen LogP contribution in [0.5, 0.6) is 11.5 Å². The fourth-order valence-corrected chi connectivity index (χ4v) is 12.5. The summed E-state index contributed by atoms with van der Waals surface area (Å²) in [4.78, 5) is 13.1. The minimum Gasteiger partial charge on any atom is -0.504 e. The maximum atomic E-state index is 13.1. The SMILES string of the molecule is C=C(CC[C@@H](C)[C@H]1CC[C@@]2(C)C3CC[C@H]4C(C)(C)[C@@H](OC(=O)/C=C/c5ccc(O)c(OC)c5)CC[C@@]45C[C@@]35CC[C@]12C)C(C)C. The molecule has 5 fully saturated rings. The van der Waals surface area contributed by atoms with Gasteiger partial charge in [0.25, 0.3) is 0 Å². The van der Waals surface area contributed by atoms with Crippen LogP contribution in [-0.2, 0) is 9.53 Å². The number of phenolic OH excluding ortho intramolecular Hbond substituents is 1. The standard InChI is InChI=1S/C41H60O4/c1-26(2)27(3)10-11-28(4)30-18-20-39(8)34-16-15-33-37(5,6)35(19-21-40(33)25-41(34,40)23-22-38(30,39)7)45-36(43)17-13-29-12-14-31(42)32(24-29)44-9/h12-14,17,24,26,28,30,33-35,42H,3,10-11,15-16,18-23,25H2,1-2,4-9H3/b17-13+/t28-,30-,33+,34?,35+,38-,39+,40-,41+/m1/s1. The van der Waals surface area contributed by atoms with Crippen molar-refractivity contribution in [2.24, 2.45) is 56.7 Å². The summed E-state index contributed by atoms with van der Waals surface area (Å²) in [5.41, 5.74) is 3.99. The summed E-state index contributed by atoms with van der Waals surface area (Å²) in [5.74, 6) is 3.84. The van der Waals surface area contributed by atoms with Gasteiger partial charge in [-0.05, 0) is 146 Å². The first kappa shape index (κ1) is 32.7. The molecule has 0 bridgehead atoms. The van der Waals surface area contributed by atoms with Gasteiger partial charge in [-0.25, -0.2) is 4.79 Å². The number of carbonyl (C=O) groups is 1. The molecule has 4 nitrogen and oxygen atoms in total. The number of carbonyl (C=O) groups excluding carboxylic acids is 1. The van der Waals surface area contributed by atoms with Crippen LogP contribution >= 0.6 is 0 Å². The summed E-state index contributed by atoms with van der Waals surface area (Å²) < 4.78 is 11.5. The van der Waals surface area contributed by atoms with Crippen LogP contribution in [0.25, 0.3) is 6.08 Å². The Bertz CT molecular complexity index is 1360. The van der Waals surface area contributed by atoms with Crippen molar-refractivity contribution in [3.05, 3.63) is 42.0 Å². The fourth-order valence-electron chi connectivity index (χ4n) is 12.5. The molecule has 6 rings (SSSR count). The molecule has 0 saturated heterocycles. The van der Waals surface area contributed by atoms with E-state index < -0.39 is 0 Å². The third-order valence-corrected chi connectivity index (χ3v) is 15.4. The van der Waals surface area contributed by atoms with Gasteiger partial charge in [0.15, 0.2) is 11.5 Å². The number of benzene rings is 1. The predicted molar refractivity (Wildman–Crippen MR) is 183 cm³/mol. The van der Waals surface area contributed by atoms with Gasteiger partial charge in [-0.3, -0.25) is 0 Å². The Morgan fingerprint density at radius 1 is 0.978 bits per heavy atom. The van der Waals surface area contributed by atoms with Crippen molar-refractivity contribution < 1.29 is 19.4 Å². The zero-order valence-corrected chi connectivity index (χ0v) is 29.5. The predicted octanol–water partition coefficient (Wildman–Crippen LogP) is 10.4. The molecule has 1 aromatic rings. The van der Waals surface area contributed by atoms with Crippen molar-refractivity contribution in [1.29, 1.82) is 0 Å². The Labute approximate surface area is 273 Å². The van der Waals surface area contributed by atoms with Gasteiger partial charge in [-0.1, -0.05) is 66.7 Å². The molecule has 5 aliphatic carbocycles. The van der Waals surface area contributed by atoms with Crippen molar-refractivity contribution in [3.63, 3.8) is 0 Å². The molecule has 0 heterocycles.